The van der Waals surface area contributed by atoms with E-state index in [1.165, 1.54) is 32.1 Å². The normalized spacial score (nSPS) is 21.2. The van der Waals surface area contributed by atoms with Gasteiger partial charge in [-0.15, -0.1) is 0 Å². The summed E-state index contributed by atoms with van der Waals surface area (Å²) in [6.07, 6.45) is 5.43. The van der Waals surface area contributed by atoms with Gasteiger partial charge in [0.25, 0.3) is 0 Å². The number of aliphatic hydroxyl groups is 1. The zero-order chi connectivity index (χ0) is 12.8. The Labute approximate surface area is 104 Å². The monoisotopic (exact) mass is 243 g/mol. The summed E-state index contributed by atoms with van der Waals surface area (Å²) in [5.41, 5.74) is 5.87. The van der Waals surface area contributed by atoms with E-state index >= 15 is 0 Å². The molecule has 1 aliphatic carbocycles. The van der Waals surface area contributed by atoms with Crippen LogP contribution in [0.4, 0.5) is 0 Å². The topological polar surface area (TPSA) is 72.5 Å². The van der Waals surface area contributed by atoms with E-state index in [1.807, 2.05) is 0 Å². The van der Waals surface area contributed by atoms with E-state index in [0.717, 1.165) is 0 Å². The first-order valence-electron chi connectivity index (χ1n) is 6.65. The second-order valence-electron chi connectivity index (χ2n) is 5.33. The second kappa shape index (κ2) is 6.97. The van der Waals surface area contributed by atoms with E-state index < -0.39 is 18.1 Å². The molecule has 3 N–H and O–H groups in total. The van der Waals surface area contributed by atoms with Gasteiger partial charge in [0.1, 0.15) is 0 Å². The van der Waals surface area contributed by atoms with Gasteiger partial charge in [0.2, 0.25) is 0 Å². The first-order valence-corrected chi connectivity index (χ1v) is 6.65. The molecule has 0 saturated heterocycles. The number of rotatable bonds is 5. The minimum Gasteiger partial charge on any atom is -0.461 e. The molecule has 0 bridgehead atoms. The molecule has 0 amide bonds. The van der Waals surface area contributed by atoms with Crippen molar-refractivity contribution in [2.45, 2.75) is 70.6 Å². The quantitative estimate of drug-likeness (QED) is 0.719. The van der Waals surface area contributed by atoms with Crippen LogP contribution in [-0.2, 0) is 9.53 Å². The highest BCUT2D eigenvalue weighted by Gasteiger charge is 2.28. The van der Waals surface area contributed by atoms with Crippen molar-refractivity contribution in [1.29, 1.82) is 0 Å². The summed E-state index contributed by atoms with van der Waals surface area (Å²) in [4.78, 5) is 11.5. The largest absolute Gasteiger partial charge is 0.461 e. The summed E-state index contributed by atoms with van der Waals surface area (Å²) < 4.78 is 4.95. The number of hydrogen-bond donors (Lipinski definition) is 2. The van der Waals surface area contributed by atoms with Crippen molar-refractivity contribution in [3.8, 4) is 0 Å². The highest BCUT2D eigenvalue weighted by Crippen LogP contribution is 2.27. The van der Waals surface area contributed by atoms with Crippen LogP contribution in [0.1, 0.15) is 52.4 Å². The van der Waals surface area contributed by atoms with Crippen LogP contribution in [0.25, 0.3) is 0 Å². The van der Waals surface area contributed by atoms with Crippen LogP contribution >= 0.6 is 0 Å². The molecule has 0 aromatic carbocycles. The number of hydrogen-bond acceptors (Lipinski definition) is 4. The standard InChI is InChI=1S/C13H25NO3/c1-9(2)17-13(16)12(15)11(14)8-10-6-4-3-5-7-10/h9-12,15H,3-8,14H2,1-2H3/t11-,12+/m0/s1. The zero-order valence-electron chi connectivity index (χ0n) is 10.9. The molecule has 0 aromatic rings. The van der Waals surface area contributed by atoms with Crippen molar-refractivity contribution in [2.24, 2.45) is 11.7 Å². The molecule has 0 aromatic heterocycles. The van der Waals surface area contributed by atoms with Gasteiger partial charge in [-0.05, 0) is 26.2 Å². The van der Waals surface area contributed by atoms with Gasteiger partial charge >= 0.3 is 5.97 Å². The number of carbonyl (C=O) groups excluding carboxylic acids is 1. The number of esters is 1. The Morgan fingerprint density at radius 1 is 1.35 bits per heavy atom. The molecule has 0 radical (unpaired) electrons. The smallest absolute Gasteiger partial charge is 0.336 e. The van der Waals surface area contributed by atoms with Crippen LogP contribution in [0.2, 0.25) is 0 Å². The van der Waals surface area contributed by atoms with Gasteiger partial charge in [-0.2, -0.15) is 0 Å². The molecule has 1 saturated carbocycles. The summed E-state index contributed by atoms with van der Waals surface area (Å²) in [6.45, 7) is 3.52. The lowest BCUT2D eigenvalue weighted by atomic mass is 9.84. The first kappa shape index (κ1) is 14.5. The third-order valence-electron chi connectivity index (χ3n) is 3.33. The molecule has 0 heterocycles. The molecular formula is C13H25NO3. The minimum absolute atomic E-state index is 0.209. The SMILES string of the molecule is CC(C)OC(=O)[C@H](O)[C@@H](N)CC1CCCCC1. The highest BCUT2D eigenvalue weighted by atomic mass is 16.6. The molecule has 0 spiro atoms. The Morgan fingerprint density at radius 3 is 2.47 bits per heavy atom. The fourth-order valence-corrected chi connectivity index (χ4v) is 2.41. The van der Waals surface area contributed by atoms with Crippen molar-refractivity contribution in [3.05, 3.63) is 0 Å². The van der Waals surface area contributed by atoms with E-state index in [0.29, 0.717) is 12.3 Å². The van der Waals surface area contributed by atoms with Crippen LogP contribution in [0, 0.1) is 5.92 Å². The van der Waals surface area contributed by atoms with Crippen molar-refractivity contribution in [2.75, 3.05) is 0 Å². The fraction of sp³-hybridized carbons (Fsp3) is 0.923. The van der Waals surface area contributed by atoms with Gasteiger partial charge in [-0.3, -0.25) is 0 Å². The van der Waals surface area contributed by atoms with Crippen molar-refractivity contribution < 1.29 is 14.6 Å². The zero-order valence-corrected chi connectivity index (χ0v) is 10.9. The van der Waals surface area contributed by atoms with Gasteiger partial charge in [0, 0.05) is 6.04 Å². The molecule has 1 aliphatic rings. The van der Waals surface area contributed by atoms with E-state index in [9.17, 15) is 9.90 Å². The maximum atomic E-state index is 11.5. The average Bonchev–Trinajstić information content (AvgIpc) is 2.28. The average molecular weight is 243 g/mol. The van der Waals surface area contributed by atoms with E-state index in [2.05, 4.69) is 0 Å². The van der Waals surface area contributed by atoms with Crippen LogP contribution in [0.3, 0.4) is 0 Å². The highest BCUT2D eigenvalue weighted by molar-refractivity contribution is 5.75. The Kier molecular flexibility index (Phi) is 5.92. The Morgan fingerprint density at radius 2 is 1.94 bits per heavy atom. The van der Waals surface area contributed by atoms with Gasteiger partial charge < -0.3 is 15.6 Å². The van der Waals surface area contributed by atoms with Crippen LogP contribution < -0.4 is 5.73 Å². The van der Waals surface area contributed by atoms with Gasteiger partial charge in [-0.1, -0.05) is 32.1 Å². The lowest BCUT2D eigenvalue weighted by molar-refractivity contribution is -0.158. The summed E-state index contributed by atoms with van der Waals surface area (Å²) in [7, 11) is 0. The molecule has 0 unspecified atom stereocenters. The molecule has 2 atom stereocenters. The summed E-state index contributed by atoms with van der Waals surface area (Å²) in [5.74, 6) is -0.0384. The number of ether oxygens (including phenoxy) is 1. The van der Waals surface area contributed by atoms with Gasteiger partial charge in [0.05, 0.1) is 6.10 Å². The van der Waals surface area contributed by atoms with Crippen molar-refractivity contribution in [3.63, 3.8) is 0 Å². The van der Waals surface area contributed by atoms with Crippen molar-refractivity contribution in [1.82, 2.24) is 0 Å². The predicted molar refractivity (Wildman–Crippen MR) is 66.4 cm³/mol. The molecule has 100 valence electrons. The molecule has 17 heavy (non-hydrogen) atoms. The third kappa shape index (κ3) is 5.04. The maximum absolute atomic E-state index is 11.5. The number of nitrogens with two attached hydrogens (primary N) is 1. The van der Waals surface area contributed by atoms with E-state index in [1.54, 1.807) is 13.8 Å². The van der Waals surface area contributed by atoms with E-state index in [4.69, 9.17) is 10.5 Å². The number of aliphatic hydroxyl groups excluding tert-OH is 1. The predicted octanol–water partition coefficient (Wildman–Crippen LogP) is 1.60. The molecular weight excluding hydrogens is 218 g/mol. The Bertz CT molecular complexity index is 237. The Balaban J connectivity index is 2.34. The summed E-state index contributed by atoms with van der Waals surface area (Å²) in [6, 6.07) is -0.496. The first-order chi connectivity index (χ1) is 8.00. The van der Waals surface area contributed by atoms with Crippen LogP contribution in [-0.4, -0.2) is 29.3 Å². The minimum atomic E-state index is -1.18. The van der Waals surface area contributed by atoms with Crippen molar-refractivity contribution >= 4 is 5.97 Å². The third-order valence-corrected chi connectivity index (χ3v) is 3.33. The summed E-state index contributed by atoms with van der Waals surface area (Å²) in [5, 5.41) is 9.77. The fourth-order valence-electron chi connectivity index (χ4n) is 2.41. The van der Waals surface area contributed by atoms with Gasteiger partial charge in [-0.25, -0.2) is 4.79 Å². The molecule has 0 aliphatic heterocycles. The Hall–Kier alpha value is -0.610. The van der Waals surface area contributed by atoms with Crippen LogP contribution in [0.5, 0.6) is 0 Å². The molecule has 1 fully saturated rings. The maximum Gasteiger partial charge on any atom is 0.336 e. The molecule has 1 rings (SSSR count). The lowest BCUT2D eigenvalue weighted by Gasteiger charge is -2.26. The molecule has 4 heteroatoms. The second-order valence-corrected chi connectivity index (χ2v) is 5.33. The van der Waals surface area contributed by atoms with E-state index in [-0.39, 0.29) is 6.10 Å². The van der Waals surface area contributed by atoms with Crippen LogP contribution in [0.15, 0.2) is 0 Å². The lowest BCUT2D eigenvalue weighted by Crippen LogP contribution is -2.43. The van der Waals surface area contributed by atoms with Gasteiger partial charge in [0.15, 0.2) is 6.10 Å². The summed E-state index contributed by atoms with van der Waals surface area (Å²) >= 11 is 0. The number of carbonyl (C=O) groups is 1. The molecule has 4 nitrogen and oxygen atoms in total.